The van der Waals surface area contributed by atoms with Crippen LogP contribution in [0.15, 0.2) is 27.2 Å². The first-order valence-electron chi connectivity index (χ1n) is 4.90. The number of thioether (sulfide) groups is 1. The predicted molar refractivity (Wildman–Crippen MR) is 65.1 cm³/mol. The van der Waals surface area contributed by atoms with E-state index in [9.17, 15) is 4.79 Å². The Balaban J connectivity index is 1.97. The average Bonchev–Trinajstić information content (AvgIpc) is 2.95. The van der Waals surface area contributed by atoms with Gasteiger partial charge in [0.15, 0.2) is 0 Å². The zero-order valence-electron chi connectivity index (χ0n) is 8.99. The average molecular weight is 270 g/mol. The summed E-state index contributed by atoms with van der Waals surface area (Å²) in [6.07, 6.45) is 0. The topological polar surface area (TPSA) is 76.2 Å². The Morgan fingerprint density at radius 1 is 1.65 bits per heavy atom. The van der Waals surface area contributed by atoms with Gasteiger partial charge >= 0.3 is 5.97 Å². The summed E-state index contributed by atoms with van der Waals surface area (Å²) in [6.45, 7) is 1.64. The second kappa shape index (κ2) is 5.33. The van der Waals surface area contributed by atoms with Gasteiger partial charge < -0.3 is 9.52 Å². The third-order valence-electron chi connectivity index (χ3n) is 2.02. The molecule has 0 amide bonds. The van der Waals surface area contributed by atoms with Crippen molar-refractivity contribution in [3.63, 3.8) is 0 Å². The van der Waals surface area contributed by atoms with Gasteiger partial charge in [0.1, 0.15) is 0 Å². The lowest BCUT2D eigenvalue weighted by Gasteiger charge is -2.01. The summed E-state index contributed by atoms with van der Waals surface area (Å²) >= 11 is 2.78. The van der Waals surface area contributed by atoms with Crippen LogP contribution in [0.5, 0.6) is 0 Å². The maximum Gasteiger partial charge on any atom is 0.307 e. The molecule has 0 aliphatic carbocycles. The molecule has 2 rings (SSSR count). The van der Waals surface area contributed by atoms with E-state index in [-0.39, 0.29) is 0 Å². The molecule has 5 nitrogen and oxygen atoms in total. The fourth-order valence-corrected chi connectivity index (χ4v) is 2.45. The van der Waals surface area contributed by atoms with Gasteiger partial charge in [-0.25, -0.2) is 0 Å². The van der Waals surface area contributed by atoms with E-state index < -0.39 is 11.9 Å². The van der Waals surface area contributed by atoms with E-state index in [0.29, 0.717) is 16.9 Å². The van der Waals surface area contributed by atoms with Gasteiger partial charge in [0.25, 0.3) is 11.1 Å². The first-order chi connectivity index (χ1) is 8.16. The monoisotopic (exact) mass is 270 g/mol. The Bertz CT molecular complexity index is 495. The van der Waals surface area contributed by atoms with Crippen LogP contribution in [0.2, 0.25) is 0 Å². The highest BCUT2D eigenvalue weighted by molar-refractivity contribution is 7.99. The number of aliphatic carboxylic acids is 1. The molecule has 0 aliphatic rings. The molecule has 17 heavy (non-hydrogen) atoms. The van der Waals surface area contributed by atoms with Gasteiger partial charge in [-0.1, -0.05) is 24.8 Å². The summed E-state index contributed by atoms with van der Waals surface area (Å²) < 4.78 is 5.42. The molecular formula is C10H10N2O3S2. The number of hydrogen-bond acceptors (Lipinski definition) is 6. The van der Waals surface area contributed by atoms with Crippen LogP contribution in [0.25, 0.3) is 10.8 Å². The number of carboxylic acids is 1. The molecule has 0 radical (unpaired) electrons. The second-order valence-electron chi connectivity index (χ2n) is 3.40. The van der Waals surface area contributed by atoms with E-state index in [2.05, 4.69) is 10.2 Å². The molecule has 0 aromatic carbocycles. The summed E-state index contributed by atoms with van der Waals surface area (Å²) in [5.41, 5.74) is 0. The van der Waals surface area contributed by atoms with Crippen LogP contribution in [-0.2, 0) is 4.79 Å². The Morgan fingerprint density at radius 3 is 3.12 bits per heavy atom. The Labute approximate surface area is 106 Å². The van der Waals surface area contributed by atoms with E-state index in [4.69, 9.17) is 9.52 Å². The Kier molecular flexibility index (Phi) is 3.80. The van der Waals surface area contributed by atoms with Crippen molar-refractivity contribution in [3.05, 3.63) is 17.5 Å². The highest BCUT2D eigenvalue weighted by atomic mass is 32.2. The molecule has 2 heterocycles. The first-order valence-corrected chi connectivity index (χ1v) is 6.76. The third kappa shape index (κ3) is 3.07. The summed E-state index contributed by atoms with van der Waals surface area (Å²) in [6, 6.07) is 3.80. The normalized spacial score (nSPS) is 12.5. The zero-order chi connectivity index (χ0) is 12.3. The van der Waals surface area contributed by atoms with Crippen molar-refractivity contribution in [2.45, 2.75) is 12.1 Å². The molecule has 2 aromatic rings. The molecule has 1 unspecified atom stereocenters. The highest BCUT2D eigenvalue weighted by Gasteiger charge is 2.14. The van der Waals surface area contributed by atoms with Gasteiger partial charge in [0, 0.05) is 5.75 Å². The number of carboxylic acid groups (broad SMARTS) is 1. The lowest BCUT2D eigenvalue weighted by Crippen LogP contribution is -2.11. The first kappa shape index (κ1) is 12.1. The summed E-state index contributed by atoms with van der Waals surface area (Å²) in [5, 5.41) is 18.8. The van der Waals surface area contributed by atoms with Gasteiger partial charge in [0.05, 0.1) is 10.8 Å². The maximum atomic E-state index is 10.6. The lowest BCUT2D eigenvalue weighted by atomic mass is 10.2. The minimum atomic E-state index is -0.824. The van der Waals surface area contributed by atoms with E-state index in [1.54, 1.807) is 6.92 Å². The van der Waals surface area contributed by atoms with E-state index in [1.165, 1.54) is 23.1 Å². The Hall–Kier alpha value is -1.34. The molecule has 0 saturated carbocycles. The molecule has 2 aromatic heterocycles. The number of nitrogens with zero attached hydrogens (tertiary/aromatic N) is 2. The molecule has 7 heteroatoms. The summed E-state index contributed by atoms with van der Waals surface area (Å²) in [5.74, 6) is -0.362. The van der Waals surface area contributed by atoms with Gasteiger partial charge in [-0.05, 0) is 11.4 Å². The summed E-state index contributed by atoms with van der Waals surface area (Å²) in [7, 11) is 0. The molecule has 0 bridgehead atoms. The van der Waals surface area contributed by atoms with Crippen molar-refractivity contribution in [1.82, 2.24) is 10.2 Å². The van der Waals surface area contributed by atoms with Crippen LogP contribution in [-0.4, -0.2) is 27.0 Å². The Morgan fingerprint density at radius 2 is 2.47 bits per heavy atom. The van der Waals surface area contributed by atoms with E-state index >= 15 is 0 Å². The van der Waals surface area contributed by atoms with Crippen molar-refractivity contribution < 1.29 is 14.3 Å². The lowest BCUT2D eigenvalue weighted by molar-refractivity contribution is -0.140. The summed E-state index contributed by atoms with van der Waals surface area (Å²) in [4.78, 5) is 11.5. The third-order valence-corrected chi connectivity index (χ3v) is 3.95. The van der Waals surface area contributed by atoms with Crippen LogP contribution in [0.3, 0.4) is 0 Å². The maximum absolute atomic E-state index is 10.6. The fourth-order valence-electron chi connectivity index (χ4n) is 1.04. The minimum Gasteiger partial charge on any atom is -0.481 e. The van der Waals surface area contributed by atoms with Crippen molar-refractivity contribution in [2.24, 2.45) is 5.92 Å². The quantitative estimate of drug-likeness (QED) is 0.842. The second-order valence-corrected chi connectivity index (χ2v) is 5.32. The van der Waals surface area contributed by atoms with Crippen LogP contribution in [0.1, 0.15) is 6.92 Å². The molecule has 1 atom stereocenters. The predicted octanol–water partition coefficient (Wildman–Crippen LogP) is 2.61. The zero-order valence-corrected chi connectivity index (χ0v) is 10.6. The van der Waals surface area contributed by atoms with Gasteiger partial charge in [0.2, 0.25) is 0 Å². The van der Waals surface area contributed by atoms with Crippen molar-refractivity contribution >= 4 is 29.1 Å². The van der Waals surface area contributed by atoms with Crippen molar-refractivity contribution in [2.75, 3.05) is 5.75 Å². The fraction of sp³-hybridized carbons (Fsp3) is 0.300. The molecule has 0 spiro atoms. The van der Waals surface area contributed by atoms with Gasteiger partial charge in [-0.3, -0.25) is 4.79 Å². The van der Waals surface area contributed by atoms with Crippen LogP contribution in [0, 0.1) is 5.92 Å². The SMILES string of the molecule is CC(CSc1nnc(-c2cccs2)o1)C(=O)O. The van der Waals surface area contributed by atoms with Crippen LogP contribution >= 0.6 is 23.1 Å². The number of thiophene rings is 1. The van der Waals surface area contributed by atoms with E-state index in [1.807, 2.05) is 17.5 Å². The molecule has 0 saturated heterocycles. The van der Waals surface area contributed by atoms with Gasteiger partial charge in [-0.15, -0.1) is 21.5 Å². The molecule has 1 N–H and O–H groups in total. The molecule has 0 fully saturated rings. The van der Waals surface area contributed by atoms with E-state index in [0.717, 1.165) is 4.88 Å². The van der Waals surface area contributed by atoms with Crippen molar-refractivity contribution in [1.29, 1.82) is 0 Å². The minimum absolute atomic E-state index is 0.404. The van der Waals surface area contributed by atoms with Crippen LogP contribution in [0.4, 0.5) is 0 Å². The number of rotatable bonds is 5. The largest absolute Gasteiger partial charge is 0.481 e. The molecular weight excluding hydrogens is 260 g/mol. The number of hydrogen-bond donors (Lipinski definition) is 1. The highest BCUT2D eigenvalue weighted by Crippen LogP contribution is 2.27. The van der Waals surface area contributed by atoms with Crippen molar-refractivity contribution in [3.8, 4) is 10.8 Å². The number of carbonyl (C=O) groups is 1. The molecule has 0 aliphatic heterocycles. The van der Waals surface area contributed by atoms with Gasteiger partial charge in [-0.2, -0.15) is 0 Å². The number of aromatic nitrogens is 2. The standard InChI is InChI=1S/C10H10N2O3S2/c1-6(9(13)14)5-17-10-12-11-8(15-10)7-3-2-4-16-7/h2-4,6H,5H2,1H3,(H,13,14). The molecule has 90 valence electrons. The smallest absolute Gasteiger partial charge is 0.307 e. The van der Waals surface area contributed by atoms with Crippen LogP contribution < -0.4 is 0 Å².